The highest BCUT2D eigenvalue weighted by Crippen LogP contribution is 2.30. The van der Waals surface area contributed by atoms with E-state index in [4.69, 9.17) is 4.74 Å². The Labute approximate surface area is 192 Å². The lowest BCUT2D eigenvalue weighted by Crippen LogP contribution is -2.51. The number of ether oxygens (including phenoxy) is 1. The first-order valence-corrected chi connectivity index (χ1v) is 10.6. The number of benzene rings is 1. The number of halogens is 2. The average Bonchev–Trinajstić information content (AvgIpc) is 2.74. The van der Waals surface area contributed by atoms with Gasteiger partial charge in [-0.15, -0.1) is 24.8 Å². The first-order chi connectivity index (χ1) is 13.6. The van der Waals surface area contributed by atoms with Gasteiger partial charge in [0.05, 0.1) is 18.1 Å². The van der Waals surface area contributed by atoms with Crippen LogP contribution in [0.15, 0.2) is 30.3 Å². The summed E-state index contributed by atoms with van der Waals surface area (Å²) in [6.45, 7) is 5.60. The summed E-state index contributed by atoms with van der Waals surface area (Å²) in [5, 5.41) is 17.0. The summed E-state index contributed by atoms with van der Waals surface area (Å²) in [6, 6.07) is 9.85. The van der Waals surface area contributed by atoms with Gasteiger partial charge in [-0.05, 0) is 63.3 Å². The van der Waals surface area contributed by atoms with Gasteiger partial charge in [-0.2, -0.15) is 0 Å². The van der Waals surface area contributed by atoms with Gasteiger partial charge in [0.2, 0.25) is 5.91 Å². The van der Waals surface area contributed by atoms with Crippen LogP contribution in [0.5, 0.6) is 0 Å². The van der Waals surface area contributed by atoms with E-state index in [1.165, 1.54) is 0 Å². The van der Waals surface area contributed by atoms with Gasteiger partial charge in [0.1, 0.15) is 0 Å². The maximum absolute atomic E-state index is 12.9. The standard InChI is InChI=1S/C22H35N3O3.2ClH/c1-28-17-22(9-11-23-12-10-22)21(27)24-15-18-7-13-25(14-8-18)16-20(26)19-5-3-2-4-6-19;;/h2-6,18,20,23,26H,7-17H2,1H3,(H,24,27);2*1H. The van der Waals surface area contributed by atoms with Gasteiger partial charge in [0, 0.05) is 20.2 Å². The molecule has 8 heteroatoms. The largest absolute Gasteiger partial charge is 0.387 e. The molecule has 0 aliphatic carbocycles. The highest BCUT2D eigenvalue weighted by atomic mass is 35.5. The molecule has 6 nitrogen and oxygen atoms in total. The maximum Gasteiger partial charge on any atom is 0.228 e. The molecule has 0 radical (unpaired) electrons. The molecule has 2 fully saturated rings. The Bertz CT molecular complexity index is 601. The molecule has 0 bridgehead atoms. The van der Waals surface area contributed by atoms with Crippen LogP contribution in [0, 0.1) is 11.3 Å². The molecule has 1 amide bonds. The summed E-state index contributed by atoms with van der Waals surface area (Å²) in [5.41, 5.74) is 0.600. The number of likely N-dealkylation sites (tertiary alicyclic amines) is 1. The first-order valence-electron chi connectivity index (χ1n) is 10.6. The Balaban J connectivity index is 0.00000225. The molecule has 3 N–H and O–H groups in total. The van der Waals surface area contributed by atoms with Crippen molar-refractivity contribution >= 4 is 30.7 Å². The van der Waals surface area contributed by atoms with Crippen molar-refractivity contribution in [3.8, 4) is 0 Å². The summed E-state index contributed by atoms with van der Waals surface area (Å²) in [6.07, 6.45) is 3.35. The fourth-order valence-electron chi connectivity index (χ4n) is 4.44. The number of nitrogens with zero attached hydrogens (tertiary/aromatic N) is 1. The molecule has 1 aromatic carbocycles. The second kappa shape index (κ2) is 13.5. The Morgan fingerprint density at radius 3 is 2.47 bits per heavy atom. The van der Waals surface area contributed by atoms with Gasteiger partial charge >= 0.3 is 0 Å². The van der Waals surface area contributed by atoms with Gasteiger partial charge in [-0.1, -0.05) is 30.3 Å². The number of nitrogens with one attached hydrogen (secondary N) is 2. The number of aliphatic hydroxyl groups is 1. The molecule has 172 valence electrons. The summed E-state index contributed by atoms with van der Waals surface area (Å²) < 4.78 is 5.37. The minimum absolute atomic E-state index is 0. The average molecular weight is 462 g/mol. The number of carbonyl (C=O) groups is 1. The van der Waals surface area contributed by atoms with Crippen LogP contribution in [-0.2, 0) is 9.53 Å². The molecule has 2 saturated heterocycles. The Kier molecular flexibility index (Phi) is 12.2. The van der Waals surface area contributed by atoms with Gasteiger partial charge in [0.25, 0.3) is 0 Å². The van der Waals surface area contributed by atoms with Crippen molar-refractivity contribution in [2.45, 2.75) is 31.8 Å². The minimum atomic E-state index is -0.439. The van der Waals surface area contributed by atoms with E-state index in [9.17, 15) is 9.90 Å². The fourth-order valence-corrected chi connectivity index (χ4v) is 4.44. The van der Waals surface area contributed by atoms with E-state index in [1.807, 2.05) is 30.3 Å². The molecular weight excluding hydrogens is 425 g/mol. The lowest BCUT2D eigenvalue weighted by Gasteiger charge is -2.37. The van der Waals surface area contributed by atoms with E-state index in [0.29, 0.717) is 19.1 Å². The molecular formula is C22H37Cl2N3O3. The molecule has 2 heterocycles. The van der Waals surface area contributed by atoms with E-state index in [1.54, 1.807) is 7.11 Å². The van der Waals surface area contributed by atoms with Crippen LogP contribution in [0.1, 0.15) is 37.4 Å². The van der Waals surface area contributed by atoms with E-state index in [0.717, 1.165) is 64.0 Å². The normalized spacial score (nSPS) is 20.5. The van der Waals surface area contributed by atoms with E-state index in [-0.39, 0.29) is 36.1 Å². The Morgan fingerprint density at radius 1 is 1.23 bits per heavy atom. The van der Waals surface area contributed by atoms with Gasteiger partial charge in [-0.25, -0.2) is 0 Å². The van der Waals surface area contributed by atoms with E-state index in [2.05, 4.69) is 15.5 Å². The number of carbonyl (C=O) groups excluding carboxylic acids is 1. The topological polar surface area (TPSA) is 73.8 Å². The third-order valence-corrected chi connectivity index (χ3v) is 6.34. The SMILES string of the molecule is COCC1(C(=O)NCC2CCN(CC(O)c3ccccc3)CC2)CCNCC1.Cl.Cl. The second-order valence-electron chi connectivity index (χ2n) is 8.34. The first kappa shape index (κ1) is 27.1. The molecule has 0 saturated carbocycles. The van der Waals surface area contributed by atoms with Crippen LogP contribution in [0.3, 0.4) is 0 Å². The zero-order valence-corrected chi connectivity index (χ0v) is 19.5. The predicted octanol–water partition coefficient (Wildman–Crippen LogP) is 2.41. The molecule has 2 aliphatic heterocycles. The van der Waals surface area contributed by atoms with Crippen LogP contribution in [-0.4, -0.2) is 68.9 Å². The Morgan fingerprint density at radius 2 is 1.87 bits per heavy atom. The smallest absolute Gasteiger partial charge is 0.228 e. The van der Waals surface area contributed by atoms with Crippen LogP contribution in [0.25, 0.3) is 0 Å². The lowest BCUT2D eigenvalue weighted by atomic mass is 9.78. The molecule has 1 aromatic rings. The zero-order valence-electron chi connectivity index (χ0n) is 17.8. The fraction of sp³-hybridized carbons (Fsp3) is 0.682. The van der Waals surface area contributed by atoms with Crippen molar-refractivity contribution in [3.63, 3.8) is 0 Å². The number of hydrogen-bond donors (Lipinski definition) is 3. The van der Waals surface area contributed by atoms with Crippen molar-refractivity contribution in [1.29, 1.82) is 0 Å². The molecule has 0 spiro atoms. The molecule has 1 atom stereocenters. The minimum Gasteiger partial charge on any atom is -0.387 e. The number of amides is 1. The van der Waals surface area contributed by atoms with Gasteiger partial charge < -0.3 is 25.4 Å². The van der Waals surface area contributed by atoms with E-state index >= 15 is 0 Å². The number of methoxy groups -OCH3 is 1. The van der Waals surface area contributed by atoms with Crippen molar-refractivity contribution in [2.75, 3.05) is 53.0 Å². The number of β-amino-alcohol motifs (C(OH)–C–C–N with tert-alkyl or cyclic N) is 1. The second-order valence-corrected chi connectivity index (χ2v) is 8.34. The maximum atomic E-state index is 12.9. The van der Waals surface area contributed by atoms with Crippen LogP contribution < -0.4 is 10.6 Å². The van der Waals surface area contributed by atoms with Crippen molar-refractivity contribution in [3.05, 3.63) is 35.9 Å². The monoisotopic (exact) mass is 461 g/mol. The summed E-state index contributed by atoms with van der Waals surface area (Å²) in [5.74, 6) is 0.660. The molecule has 1 unspecified atom stereocenters. The number of aliphatic hydroxyl groups excluding tert-OH is 1. The third-order valence-electron chi connectivity index (χ3n) is 6.34. The number of rotatable bonds is 8. The molecule has 3 rings (SSSR count). The number of piperidine rings is 2. The van der Waals surface area contributed by atoms with Crippen molar-refractivity contribution in [2.24, 2.45) is 11.3 Å². The molecule has 30 heavy (non-hydrogen) atoms. The lowest BCUT2D eigenvalue weighted by molar-refractivity contribution is -0.136. The molecule has 0 aromatic heterocycles. The predicted molar refractivity (Wildman–Crippen MR) is 124 cm³/mol. The summed E-state index contributed by atoms with van der Waals surface area (Å²) >= 11 is 0. The zero-order chi connectivity index (χ0) is 19.8. The highest BCUT2D eigenvalue weighted by molar-refractivity contribution is 5.85. The summed E-state index contributed by atoms with van der Waals surface area (Å²) in [4.78, 5) is 15.2. The van der Waals surface area contributed by atoms with Crippen LogP contribution in [0.2, 0.25) is 0 Å². The third kappa shape index (κ3) is 7.36. The highest BCUT2D eigenvalue weighted by Gasteiger charge is 2.39. The van der Waals surface area contributed by atoms with Crippen molar-refractivity contribution in [1.82, 2.24) is 15.5 Å². The molecule has 2 aliphatic rings. The van der Waals surface area contributed by atoms with Gasteiger partial charge in [-0.3, -0.25) is 4.79 Å². The quantitative estimate of drug-likeness (QED) is 0.554. The van der Waals surface area contributed by atoms with Crippen LogP contribution in [0.4, 0.5) is 0 Å². The Hall–Kier alpha value is -0.890. The summed E-state index contributed by atoms with van der Waals surface area (Å²) in [7, 11) is 1.68. The van der Waals surface area contributed by atoms with E-state index < -0.39 is 6.10 Å². The van der Waals surface area contributed by atoms with Gasteiger partial charge in [0.15, 0.2) is 0 Å². The number of hydrogen-bond acceptors (Lipinski definition) is 5. The van der Waals surface area contributed by atoms with Crippen molar-refractivity contribution < 1.29 is 14.6 Å². The van der Waals surface area contributed by atoms with Crippen LogP contribution >= 0.6 is 24.8 Å².